The molecule has 0 aliphatic rings. The molecule has 0 fully saturated rings. The van der Waals surface area contributed by atoms with Crippen LogP contribution in [0.4, 0.5) is 0 Å². The van der Waals surface area contributed by atoms with Gasteiger partial charge in [0.2, 0.25) is 0 Å². The van der Waals surface area contributed by atoms with E-state index in [1.807, 2.05) is 0 Å². The SMILES string of the molecule is CCc1c(C(C)(C)C)cc(C(CC)(CC)CC)c(OC(C)C)c1C(C)C. The molecule has 0 aromatic heterocycles. The van der Waals surface area contributed by atoms with Gasteiger partial charge in [-0.05, 0) is 67.4 Å². The lowest BCUT2D eigenvalue weighted by Gasteiger charge is -2.38. The summed E-state index contributed by atoms with van der Waals surface area (Å²) in [6.45, 7) is 25.3. The van der Waals surface area contributed by atoms with Crippen LogP contribution in [0.25, 0.3) is 0 Å². The third-order valence-corrected chi connectivity index (χ3v) is 6.12. The van der Waals surface area contributed by atoms with Gasteiger partial charge in [0.15, 0.2) is 0 Å². The van der Waals surface area contributed by atoms with Crippen molar-refractivity contribution in [3.05, 3.63) is 28.3 Å². The van der Waals surface area contributed by atoms with Gasteiger partial charge < -0.3 is 4.74 Å². The second-order valence-electron chi connectivity index (χ2n) is 9.46. The molecule has 0 heterocycles. The molecule has 0 aliphatic carbocycles. The van der Waals surface area contributed by atoms with Crippen LogP contribution in [0, 0.1) is 0 Å². The zero-order valence-corrected chi connectivity index (χ0v) is 19.5. The highest BCUT2D eigenvalue weighted by molar-refractivity contribution is 5.56. The van der Waals surface area contributed by atoms with Crippen LogP contribution in [0.3, 0.4) is 0 Å². The summed E-state index contributed by atoms with van der Waals surface area (Å²) in [5, 5.41) is 0. The minimum atomic E-state index is 0.140. The molecule has 0 N–H and O–H groups in total. The van der Waals surface area contributed by atoms with Crippen LogP contribution >= 0.6 is 0 Å². The Hall–Kier alpha value is -0.980. The molecule has 0 unspecified atom stereocenters. The normalized spacial score (nSPS) is 13.0. The molecular formula is C25H44O. The molecular weight excluding hydrogens is 316 g/mol. The fourth-order valence-electron chi connectivity index (χ4n) is 4.46. The Kier molecular flexibility index (Phi) is 7.81. The molecule has 0 aliphatic heterocycles. The fraction of sp³-hybridized carbons (Fsp3) is 0.760. The lowest BCUT2D eigenvalue weighted by Crippen LogP contribution is -2.28. The second kappa shape index (κ2) is 8.81. The van der Waals surface area contributed by atoms with Gasteiger partial charge in [0.05, 0.1) is 6.10 Å². The first-order valence-electron chi connectivity index (χ1n) is 10.9. The predicted octanol–water partition coefficient (Wildman–Crippen LogP) is 7.92. The number of rotatable bonds is 8. The first-order chi connectivity index (χ1) is 12.0. The van der Waals surface area contributed by atoms with Gasteiger partial charge >= 0.3 is 0 Å². The quantitative estimate of drug-likeness (QED) is 0.457. The first kappa shape index (κ1) is 23.1. The Labute approximate surface area is 163 Å². The molecule has 0 saturated carbocycles. The first-order valence-corrected chi connectivity index (χ1v) is 10.9. The fourth-order valence-corrected chi connectivity index (χ4v) is 4.46. The van der Waals surface area contributed by atoms with Crippen molar-refractivity contribution in [1.29, 1.82) is 0 Å². The summed E-state index contributed by atoms with van der Waals surface area (Å²) in [7, 11) is 0. The zero-order valence-electron chi connectivity index (χ0n) is 19.5. The molecule has 0 radical (unpaired) electrons. The Morgan fingerprint density at radius 2 is 1.35 bits per heavy atom. The molecule has 1 aromatic carbocycles. The van der Waals surface area contributed by atoms with Gasteiger partial charge in [0.25, 0.3) is 0 Å². The van der Waals surface area contributed by atoms with Gasteiger partial charge in [-0.2, -0.15) is 0 Å². The Morgan fingerprint density at radius 3 is 1.65 bits per heavy atom. The number of benzene rings is 1. The van der Waals surface area contributed by atoms with E-state index in [4.69, 9.17) is 4.74 Å². The highest BCUT2D eigenvalue weighted by Gasteiger charge is 2.35. The van der Waals surface area contributed by atoms with Crippen molar-refractivity contribution in [2.24, 2.45) is 0 Å². The van der Waals surface area contributed by atoms with Crippen molar-refractivity contribution in [2.75, 3.05) is 0 Å². The van der Waals surface area contributed by atoms with E-state index in [0.29, 0.717) is 5.92 Å². The zero-order chi connectivity index (χ0) is 20.3. The minimum absolute atomic E-state index is 0.140. The van der Waals surface area contributed by atoms with Crippen LogP contribution in [-0.2, 0) is 17.3 Å². The summed E-state index contributed by atoms with van der Waals surface area (Å²) in [5.41, 5.74) is 6.24. The van der Waals surface area contributed by atoms with Crippen molar-refractivity contribution in [3.8, 4) is 5.75 Å². The molecule has 1 rings (SSSR count). The lowest BCUT2D eigenvalue weighted by atomic mass is 9.69. The maximum atomic E-state index is 6.56. The summed E-state index contributed by atoms with van der Waals surface area (Å²) in [5.74, 6) is 1.65. The van der Waals surface area contributed by atoms with E-state index in [1.54, 1.807) is 0 Å². The van der Waals surface area contributed by atoms with E-state index >= 15 is 0 Å². The maximum absolute atomic E-state index is 6.56. The van der Waals surface area contributed by atoms with Gasteiger partial charge in [-0.3, -0.25) is 0 Å². The van der Waals surface area contributed by atoms with E-state index < -0.39 is 0 Å². The van der Waals surface area contributed by atoms with Gasteiger partial charge in [0.1, 0.15) is 5.75 Å². The minimum Gasteiger partial charge on any atom is -0.490 e. The molecule has 1 aromatic rings. The molecule has 0 atom stereocenters. The molecule has 0 spiro atoms. The number of ether oxygens (including phenoxy) is 1. The molecule has 0 saturated heterocycles. The summed E-state index contributed by atoms with van der Waals surface area (Å²) in [6.07, 6.45) is 4.72. The summed E-state index contributed by atoms with van der Waals surface area (Å²) >= 11 is 0. The monoisotopic (exact) mass is 360 g/mol. The largest absolute Gasteiger partial charge is 0.490 e. The molecule has 1 nitrogen and oxygen atoms in total. The molecule has 0 amide bonds. The molecule has 150 valence electrons. The molecule has 0 bridgehead atoms. The van der Waals surface area contributed by atoms with Crippen molar-refractivity contribution >= 4 is 0 Å². The van der Waals surface area contributed by atoms with Crippen molar-refractivity contribution in [2.45, 2.75) is 125 Å². The summed E-state index contributed by atoms with van der Waals surface area (Å²) < 4.78 is 6.56. The van der Waals surface area contributed by atoms with Crippen LogP contribution < -0.4 is 4.74 Å². The summed E-state index contributed by atoms with van der Waals surface area (Å²) in [6, 6.07) is 2.51. The van der Waals surface area contributed by atoms with Crippen molar-refractivity contribution in [3.63, 3.8) is 0 Å². The number of hydrogen-bond donors (Lipinski definition) is 0. The Bertz CT molecular complexity index is 575. The van der Waals surface area contributed by atoms with E-state index in [0.717, 1.165) is 25.7 Å². The second-order valence-corrected chi connectivity index (χ2v) is 9.46. The third kappa shape index (κ3) is 4.46. The average Bonchev–Trinajstić information content (AvgIpc) is 2.55. The lowest BCUT2D eigenvalue weighted by molar-refractivity contribution is 0.227. The Balaban J connectivity index is 4.06. The van der Waals surface area contributed by atoms with Crippen LogP contribution in [0.5, 0.6) is 5.75 Å². The predicted molar refractivity (Wildman–Crippen MR) is 117 cm³/mol. The van der Waals surface area contributed by atoms with Gasteiger partial charge in [0, 0.05) is 11.1 Å². The maximum Gasteiger partial charge on any atom is 0.127 e. The molecule has 1 heteroatoms. The van der Waals surface area contributed by atoms with Crippen LogP contribution in [0.1, 0.15) is 124 Å². The van der Waals surface area contributed by atoms with E-state index in [2.05, 4.69) is 82.2 Å². The standard InChI is InChI=1S/C25H44O/c1-12-19-20(24(9,10)11)16-21(25(13-2,14-3)15-4)23(26-18(7)8)22(19)17(5)6/h16-18H,12-15H2,1-11H3. The smallest absolute Gasteiger partial charge is 0.127 e. The van der Waals surface area contributed by atoms with Crippen LogP contribution in [-0.4, -0.2) is 6.10 Å². The van der Waals surface area contributed by atoms with Crippen molar-refractivity contribution < 1.29 is 4.74 Å². The van der Waals surface area contributed by atoms with E-state index in [1.165, 1.54) is 28.0 Å². The van der Waals surface area contributed by atoms with Gasteiger partial charge in [-0.25, -0.2) is 0 Å². The van der Waals surface area contributed by atoms with E-state index in [-0.39, 0.29) is 16.9 Å². The average molecular weight is 361 g/mol. The van der Waals surface area contributed by atoms with Gasteiger partial charge in [-0.15, -0.1) is 0 Å². The summed E-state index contributed by atoms with van der Waals surface area (Å²) in [4.78, 5) is 0. The molecule has 26 heavy (non-hydrogen) atoms. The Morgan fingerprint density at radius 1 is 0.846 bits per heavy atom. The topological polar surface area (TPSA) is 9.23 Å². The number of hydrogen-bond acceptors (Lipinski definition) is 1. The van der Waals surface area contributed by atoms with Crippen molar-refractivity contribution in [1.82, 2.24) is 0 Å². The van der Waals surface area contributed by atoms with Crippen LogP contribution in [0.2, 0.25) is 0 Å². The highest BCUT2D eigenvalue weighted by Crippen LogP contribution is 2.48. The van der Waals surface area contributed by atoms with E-state index in [9.17, 15) is 0 Å². The van der Waals surface area contributed by atoms with Crippen LogP contribution in [0.15, 0.2) is 6.07 Å². The highest BCUT2D eigenvalue weighted by atomic mass is 16.5. The van der Waals surface area contributed by atoms with Gasteiger partial charge in [-0.1, -0.05) is 68.4 Å². The third-order valence-electron chi connectivity index (χ3n) is 6.12.